The van der Waals surface area contributed by atoms with E-state index in [1.54, 1.807) is 0 Å². The van der Waals surface area contributed by atoms with Crippen molar-refractivity contribution in [2.24, 2.45) is 5.73 Å². The Bertz CT molecular complexity index is 963. The van der Waals surface area contributed by atoms with Gasteiger partial charge in [-0.05, 0) is 38.5 Å². The lowest BCUT2D eigenvalue weighted by atomic mass is 10.0. The second-order valence-electron chi connectivity index (χ2n) is 14.5. The number of rotatable bonds is 40. The van der Waals surface area contributed by atoms with Crippen LogP contribution in [-0.4, -0.2) is 59.9 Å². The number of unbranched alkanes of at least 4 members (excludes halogenated alkanes) is 24. The van der Waals surface area contributed by atoms with Gasteiger partial charge in [-0.15, -0.1) is 0 Å². The van der Waals surface area contributed by atoms with Crippen LogP contribution < -0.4 is 5.73 Å². The van der Waals surface area contributed by atoms with Gasteiger partial charge in [-0.2, -0.15) is 0 Å². The molecule has 12 heteroatoms. The zero-order valence-electron chi connectivity index (χ0n) is 33.6. The number of carbonyl (C=O) groups is 3. The Labute approximate surface area is 322 Å². The van der Waals surface area contributed by atoms with E-state index >= 15 is 0 Å². The van der Waals surface area contributed by atoms with Crippen molar-refractivity contribution in [2.75, 3.05) is 19.8 Å². The third-order valence-electron chi connectivity index (χ3n) is 9.26. The van der Waals surface area contributed by atoms with Crippen LogP contribution >= 0.6 is 7.82 Å². The molecule has 0 aromatic carbocycles. The molecule has 0 bridgehead atoms. The zero-order valence-corrected chi connectivity index (χ0v) is 34.5. The third-order valence-corrected chi connectivity index (χ3v) is 10.2. The summed E-state index contributed by atoms with van der Waals surface area (Å²) in [5.74, 6) is -2.38. The van der Waals surface area contributed by atoms with Gasteiger partial charge in [0.1, 0.15) is 12.6 Å². The molecule has 0 saturated carbocycles. The molecule has 0 aliphatic heterocycles. The molecule has 0 aromatic rings. The maximum absolute atomic E-state index is 12.6. The first-order valence-corrected chi connectivity index (χ1v) is 22.7. The largest absolute Gasteiger partial charge is 0.480 e. The zero-order chi connectivity index (χ0) is 39.3. The molecule has 0 heterocycles. The highest BCUT2D eigenvalue weighted by Gasteiger charge is 2.28. The number of hydrogen-bond acceptors (Lipinski definition) is 9. The molecule has 0 radical (unpaired) electrons. The van der Waals surface area contributed by atoms with Crippen LogP contribution in [-0.2, 0) is 37.5 Å². The van der Waals surface area contributed by atoms with Crippen LogP contribution in [0.3, 0.4) is 0 Å². The van der Waals surface area contributed by atoms with Crippen LogP contribution in [0.2, 0.25) is 0 Å². The highest BCUT2D eigenvalue weighted by molar-refractivity contribution is 7.47. The summed E-state index contributed by atoms with van der Waals surface area (Å²) in [7, 11) is -4.71. The molecule has 312 valence electrons. The Hall–Kier alpha value is -1.78. The first kappa shape index (κ1) is 51.2. The Morgan fingerprint density at radius 1 is 0.566 bits per heavy atom. The topological polar surface area (TPSA) is 172 Å². The lowest BCUT2D eigenvalue weighted by Crippen LogP contribution is -2.34. The van der Waals surface area contributed by atoms with Gasteiger partial charge in [-0.3, -0.25) is 23.4 Å². The van der Waals surface area contributed by atoms with Crippen molar-refractivity contribution in [2.45, 2.75) is 212 Å². The van der Waals surface area contributed by atoms with Gasteiger partial charge in [0.05, 0.1) is 13.2 Å². The Balaban J connectivity index is 4.37. The number of carboxylic acid groups (broad SMARTS) is 1. The average molecular weight is 776 g/mol. The molecule has 0 fully saturated rings. The molecule has 0 aromatic heterocycles. The van der Waals surface area contributed by atoms with Gasteiger partial charge in [0.2, 0.25) is 0 Å². The molecular weight excluding hydrogens is 697 g/mol. The first-order valence-electron chi connectivity index (χ1n) is 21.2. The predicted molar refractivity (Wildman–Crippen MR) is 213 cm³/mol. The highest BCUT2D eigenvalue weighted by atomic mass is 31.2. The number of aliphatic carboxylic acids is 1. The number of allylic oxidation sites excluding steroid dienone is 2. The fourth-order valence-corrected chi connectivity index (χ4v) is 6.66. The average Bonchev–Trinajstić information content (AvgIpc) is 3.13. The van der Waals surface area contributed by atoms with E-state index in [1.165, 1.54) is 103 Å². The van der Waals surface area contributed by atoms with Gasteiger partial charge in [0.15, 0.2) is 6.10 Å². The van der Waals surface area contributed by atoms with Crippen molar-refractivity contribution in [1.29, 1.82) is 0 Å². The predicted octanol–water partition coefficient (Wildman–Crippen LogP) is 10.9. The van der Waals surface area contributed by atoms with Gasteiger partial charge in [-0.25, -0.2) is 4.57 Å². The molecule has 0 rings (SSSR count). The smallest absolute Gasteiger partial charge is 0.472 e. The molecule has 53 heavy (non-hydrogen) atoms. The van der Waals surface area contributed by atoms with Crippen molar-refractivity contribution >= 4 is 25.7 Å². The molecular formula is C41H78NO10P. The summed E-state index contributed by atoms with van der Waals surface area (Å²) in [5.41, 5.74) is 5.33. The summed E-state index contributed by atoms with van der Waals surface area (Å²) in [6.45, 7) is 2.80. The van der Waals surface area contributed by atoms with Crippen molar-refractivity contribution in [3.63, 3.8) is 0 Å². The fraction of sp³-hybridized carbons (Fsp3) is 0.878. The molecule has 11 nitrogen and oxygen atoms in total. The summed E-state index contributed by atoms with van der Waals surface area (Å²) in [6, 6.07) is -1.52. The Morgan fingerprint density at radius 3 is 1.38 bits per heavy atom. The summed E-state index contributed by atoms with van der Waals surface area (Å²) < 4.78 is 32.6. The van der Waals surface area contributed by atoms with Crippen molar-refractivity contribution in [1.82, 2.24) is 0 Å². The monoisotopic (exact) mass is 776 g/mol. The number of phosphoric acid groups is 1. The number of phosphoric ester groups is 1. The van der Waals surface area contributed by atoms with E-state index in [2.05, 4.69) is 30.5 Å². The molecule has 3 atom stereocenters. The summed E-state index contributed by atoms with van der Waals surface area (Å²) >= 11 is 0. The van der Waals surface area contributed by atoms with Gasteiger partial charge in [-0.1, -0.05) is 161 Å². The van der Waals surface area contributed by atoms with Crippen LogP contribution in [0.5, 0.6) is 0 Å². The van der Waals surface area contributed by atoms with Gasteiger partial charge in [0.25, 0.3) is 0 Å². The maximum Gasteiger partial charge on any atom is 0.472 e. The van der Waals surface area contributed by atoms with Crippen molar-refractivity contribution in [3.8, 4) is 0 Å². The number of ether oxygens (including phenoxy) is 2. The van der Waals surface area contributed by atoms with E-state index in [0.29, 0.717) is 12.8 Å². The second kappa shape index (κ2) is 37.2. The summed E-state index contributed by atoms with van der Waals surface area (Å²) in [4.78, 5) is 45.9. The van der Waals surface area contributed by atoms with Crippen molar-refractivity contribution < 1.29 is 47.5 Å². The lowest BCUT2D eigenvalue weighted by molar-refractivity contribution is -0.161. The number of carbonyl (C=O) groups excluding carboxylic acids is 2. The van der Waals surface area contributed by atoms with E-state index < -0.39 is 51.1 Å². The SMILES string of the molecule is CCCCCCCC/C=C\CCCCCCCC(=O)OC[C@H](COP(=O)(O)OC[C@H](N)C(=O)O)OC(=O)CCCCCCCCCCCCCCCC. The number of hydrogen-bond donors (Lipinski definition) is 3. The Kier molecular flexibility index (Phi) is 35.9. The minimum Gasteiger partial charge on any atom is -0.480 e. The number of carboxylic acids is 1. The van der Waals surface area contributed by atoms with E-state index in [4.69, 9.17) is 24.8 Å². The first-order chi connectivity index (χ1) is 25.6. The lowest BCUT2D eigenvalue weighted by Gasteiger charge is -2.20. The minimum absolute atomic E-state index is 0.165. The second-order valence-corrected chi connectivity index (χ2v) is 15.9. The highest BCUT2D eigenvalue weighted by Crippen LogP contribution is 2.43. The van der Waals surface area contributed by atoms with Crippen LogP contribution in [0.1, 0.15) is 200 Å². The van der Waals surface area contributed by atoms with Crippen LogP contribution in [0.15, 0.2) is 12.2 Å². The maximum atomic E-state index is 12.6. The van der Waals surface area contributed by atoms with Crippen LogP contribution in [0.25, 0.3) is 0 Å². The summed E-state index contributed by atoms with van der Waals surface area (Å²) in [6.07, 6.45) is 35.6. The molecule has 0 aliphatic rings. The molecule has 1 unspecified atom stereocenters. The van der Waals surface area contributed by atoms with Crippen LogP contribution in [0.4, 0.5) is 0 Å². The van der Waals surface area contributed by atoms with Crippen molar-refractivity contribution in [3.05, 3.63) is 12.2 Å². The van der Waals surface area contributed by atoms with E-state index in [-0.39, 0.29) is 19.4 Å². The third kappa shape index (κ3) is 36.9. The Morgan fingerprint density at radius 2 is 0.943 bits per heavy atom. The molecule has 0 saturated heterocycles. The van der Waals surface area contributed by atoms with Gasteiger partial charge in [0, 0.05) is 12.8 Å². The van der Waals surface area contributed by atoms with E-state index in [0.717, 1.165) is 57.8 Å². The van der Waals surface area contributed by atoms with Gasteiger partial charge >= 0.3 is 25.7 Å². The molecule has 4 N–H and O–H groups in total. The number of esters is 2. The summed E-state index contributed by atoms with van der Waals surface area (Å²) in [5, 5.41) is 8.87. The molecule has 0 amide bonds. The van der Waals surface area contributed by atoms with Crippen LogP contribution in [0, 0.1) is 0 Å². The van der Waals surface area contributed by atoms with E-state index in [1.807, 2.05) is 0 Å². The normalized spacial score (nSPS) is 13.9. The quantitative estimate of drug-likeness (QED) is 0.0234. The standard InChI is InChI=1S/C41H78NO10P/c1-3-5-7-9-11-13-15-17-19-21-22-24-26-28-30-32-39(43)49-34-37(35-50-53(47,48)51-36-38(42)41(45)46)52-40(44)33-31-29-27-25-23-20-18-16-14-12-10-8-6-4-2/h17,19,37-38H,3-16,18,20-36,42H2,1-2H3,(H,45,46)(H,47,48)/b19-17-/t37-,38+/m1/s1. The minimum atomic E-state index is -4.71. The number of nitrogens with two attached hydrogens (primary N) is 1. The fourth-order valence-electron chi connectivity index (χ4n) is 5.88. The van der Waals surface area contributed by atoms with Gasteiger partial charge < -0.3 is 25.2 Å². The van der Waals surface area contributed by atoms with E-state index in [9.17, 15) is 23.8 Å². The molecule has 0 spiro atoms. The molecule has 0 aliphatic carbocycles.